The van der Waals surface area contributed by atoms with Crippen LogP contribution in [-0.2, 0) is 11.2 Å². The highest BCUT2D eigenvalue weighted by Crippen LogP contribution is 2.11. The van der Waals surface area contributed by atoms with Crippen LogP contribution in [0.3, 0.4) is 0 Å². The van der Waals surface area contributed by atoms with Gasteiger partial charge in [0.05, 0.1) is 12.1 Å². The monoisotopic (exact) mass is 252 g/mol. The van der Waals surface area contributed by atoms with Crippen molar-refractivity contribution in [2.75, 3.05) is 13.6 Å². The van der Waals surface area contributed by atoms with Crippen molar-refractivity contribution in [2.45, 2.75) is 25.5 Å². The number of hydrogen-bond acceptors (Lipinski definition) is 4. The lowest BCUT2D eigenvalue weighted by molar-refractivity contribution is -0.132. The molecule has 0 saturated carbocycles. The Morgan fingerprint density at radius 2 is 1.94 bits per heavy atom. The summed E-state index contributed by atoms with van der Waals surface area (Å²) in [5, 5.41) is 18.4. The van der Waals surface area contributed by atoms with Crippen molar-refractivity contribution >= 4 is 5.91 Å². The minimum atomic E-state index is -0.640. The van der Waals surface area contributed by atoms with Crippen molar-refractivity contribution in [3.8, 4) is 5.75 Å². The van der Waals surface area contributed by atoms with Gasteiger partial charge in [-0.05, 0) is 31.0 Å². The van der Waals surface area contributed by atoms with Crippen LogP contribution in [0.5, 0.6) is 5.75 Å². The first-order valence-corrected chi connectivity index (χ1v) is 5.86. The molecule has 2 atom stereocenters. The zero-order chi connectivity index (χ0) is 13.7. The van der Waals surface area contributed by atoms with Gasteiger partial charge in [0.1, 0.15) is 5.75 Å². The van der Waals surface area contributed by atoms with E-state index in [1.54, 1.807) is 38.2 Å². The van der Waals surface area contributed by atoms with Crippen molar-refractivity contribution in [1.82, 2.24) is 4.90 Å². The molecule has 0 saturated heterocycles. The maximum atomic E-state index is 11.9. The molecule has 0 aliphatic rings. The number of rotatable bonds is 5. The highest BCUT2D eigenvalue weighted by Gasteiger charge is 2.19. The molecule has 1 aromatic carbocycles. The Morgan fingerprint density at radius 1 is 1.39 bits per heavy atom. The number of amides is 1. The second-order valence-electron chi connectivity index (χ2n) is 4.54. The summed E-state index contributed by atoms with van der Waals surface area (Å²) in [4.78, 5) is 13.3. The first kappa shape index (κ1) is 14.5. The van der Waals surface area contributed by atoms with Gasteiger partial charge in [0, 0.05) is 13.6 Å². The van der Waals surface area contributed by atoms with Gasteiger partial charge in [-0.15, -0.1) is 0 Å². The normalized spacial score (nSPS) is 14.0. The van der Waals surface area contributed by atoms with Gasteiger partial charge in [-0.2, -0.15) is 0 Å². The standard InChI is InChI=1S/C13H20N2O3/c1-9(16)8-15(2)13(18)12(14)7-10-3-5-11(17)6-4-10/h3-6,9,12,16-17H,7-8,14H2,1-2H3. The van der Waals surface area contributed by atoms with Gasteiger partial charge >= 0.3 is 0 Å². The van der Waals surface area contributed by atoms with Crippen molar-refractivity contribution in [3.05, 3.63) is 29.8 Å². The number of aliphatic hydroxyl groups is 1. The first-order valence-electron chi connectivity index (χ1n) is 5.86. The van der Waals surface area contributed by atoms with Crippen LogP contribution in [0.4, 0.5) is 0 Å². The summed E-state index contributed by atoms with van der Waals surface area (Å²) < 4.78 is 0. The molecule has 0 radical (unpaired) electrons. The smallest absolute Gasteiger partial charge is 0.239 e. The van der Waals surface area contributed by atoms with Gasteiger partial charge < -0.3 is 20.8 Å². The van der Waals surface area contributed by atoms with E-state index in [0.717, 1.165) is 5.56 Å². The van der Waals surface area contributed by atoms with Crippen molar-refractivity contribution < 1.29 is 15.0 Å². The third-order valence-electron chi connectivity index (χ3n) is 2.62. The second kappa shape index (κ2) is 6.37. The Hall–Kier alpha value is -1.59. The van der Waals surface area contributed by atoms with Gasteiger partial charge in [0.15, 0.2) is 0 Å². The third kappa shape index (κ3) is 4.35. The van der Waals surface area contributed by atoms with E-state index in [9.17, 15) is 9.90 Å². The predicted molar refractivity (Wildman–Crippen MR) is 69.1 cm³/mol. The van der Waals surface area contributed by atoms with Crippen LogP contribution in [0.15, 0.2) is 24.3 Å². The quantitative estimate of drug-likeness (QED) is 0.693. The number of phenolic OH excluding ortho intramolecular Hbond substituents is 1. The summed E-state index contributed by atoms with van der Waals surface area (Å²) in [6.07, 6.45) is -0.164. The molecular weight excluding hydrogens is 232 g/mol. The number of carbonyl (C=O) groups is 1. The van der Waals surface area contributed by atoms with E-state index in [1.807, 2.05) is 0 Å². The van der Waals surface area contributed by atoms with E-state index in [1.165, 1.54) is 4.90 Å². The summed E-state index contributed by atoms with van der Waals surface area (Å²) >= 11 is 0. The van der Waals surface area contributed by atoms with Gasteiger partial charge in [-0.1, -0.05) is 12.1 Å². The molecule has 0 spiro atoms. The topological polar surface area (TPSA) is 86.8 Å². The van der Waals surface area contributed by atoms with Crippen LogP contribution in [0.2, 0.25) is 0 Å². The summed E-state index contributed by atoms with van der Waals surface area (Å²) in [5.41, 5.74) is 6.72. The Balaban J connectivity index is 2.56. The minimum absolute atomic E-state index is 0.185. The molecule has 100 valence electrons. The van der Waals surface area contributed by atoms with E-state index in [4.69, 9.17) is 10.8 Å². The molecule has 1 amide bonds. The number of nitrogens with two attached hydrogens (primary N) is 1. The predicted octanol–water partition coefficient (Wildman–Crippen LogP) is 0.101. The molecule has 2 unspecified atom stereocenters. The maximum Gasteiger partial charge on any atom is 0.239 e. The molecule has 0 aromatic heterocycles. The van der Waals surface area contributed by atoms with Crippen LogP contribution >= 0.6 is 0 Å². The van der Waals surface area contributed by atoms with Crippen LogP contribution in [0, 0.1) is 0 Å². The van der Waals surface area contributed by atoms with E-state index < -0.39 is 12.1 Å². The zero-order valence-corrected chi connectivity index (χ0v) is 10.7. The molecule has 18 heavy (non-hydrogen) atoms. The molecule has 4 N–H and O–H groups in total. The molecule has 1 aromatic rings. The fraction of sp³-hybridized carbons (Fsp3) is 0.462. The summed E-state index contributed by atoms with van der Waals surface area (Å²) in [7, 11) is 1.62. The largest absolute Gasteiger partial charge is 0.508 e. The van der Waals surface area contributed by atoms with E-state index in [2.05, 4.69) is 0 Å². The van der Waals surface area contributed by atoms with Crippen LogP contribution < -0.4 is 5.73 Å². The molecule has 0 fully saturated rings. The number of nitrogens with zero attached hydrogens (tertiary/aromatic N) is 1. The molecule has 0 aliphatic heterocycles. The van der Waals surface area contributed by atoms with Crippen molar-refractivity contribution in [3.63, 3.8) is 0 Å². The number of hydrogen-bond donors (Lipinski definition) is 3. The number of aliphatic hydroxyl groups excluding tert-OH is 1. The van der Waals surface area contributed by atoms with Gasteiger partial charge in [-0.3, -0.25) is 4.79 Å². The lowest BCUT2D eigenvalue weighted by atomic mass is 10.1. The number of carbonyl (C=O) groups excluding carboxylic acids is 1. The Kier molecular flexibility index (Phi) is 5.12. The SMILES string of the molecule is CC(O)CN(C)C(=O)C(N)Cc1ccc(O)cc1. The van der Waals surface area contributed by atoms with Gasteiger partial charge in [0.25, 0.3) is 0 Å². The Bertz CT molecular complexity index is 390. The fourth-order valence-corrected chi connectivity index (χ4v) is 1.74. The van der Waals surface area contributed by atoms with E-state index >= 15 is 0 Å². The summed E-state index contributed by atoms with van der Waals surface area (Å²) in [5.74, 6) is -0.0196. The number of likely N-dealkylation sites (N-methyl/N-ethyl adjacent to an activating group) is 1. The molecule has 0 aliphatic carbocycles. The number of aromatic hydroxyl groups is 1. The number of phenols is 1. The average molecular weight is 252 g/mol. The molecule has 5 nitrogen and oxygen atoms in total. The molecule has 0 heterocycles. The maximum absolute atomic E-state index is 11.9. The van der Waals surface area contributed by atoms with Crippen LogP contribution in [0.1, 0.15) is 12.5 Å². The highest BCUT2D eigenvalue weighted by atomic mass is 16.3. The molecule has 0 bridgehead atoms. The van der Waals surface area contributed by atoms with Crippen LogP contribution in [-0.4, -0.2) is 46.8 Å². The molecule has 5 heteroatoms. The lowest BCUT2D eigenvalue weighted by Crippen LogP contribution is -2.45. The average Bonchev–Trinajstić information content (AvgIpc) is 2.30. The Labute approximate surface area is 107 Å². The first-order chi connectivity index (χ1) is 8.40. The lowest BCUT2D eigenvalue weighted by Gasteiger charge is -2.22. The number of benzene rings is 1. The van der Waals surface area contributed by atoms with E-state index in [0.29, 0.717) is 6.42 Å². The fourth-order valence-electron chi connectivity index (χ4n) is 1.74. The minimum Gasteiger partial charge on any atom is -0.508 e. The zero-order valence-electron chi connectivity index (χ0n) is 10.7. The molecule has 1 rings (SSSR count). The van der Waals surface area contributed by atoms with Crippen molar-refractivity contribution in [1.29, 1.82) is 0 Å². The van der Waals surface area contributed by atoms with Crippen molar-refractivity contribution in [2.24, 2.45) is 5.73 Å². The van der Waals surface area contributed by atoms with E-state index in [-0.39, 0.29) is 18.2 Å². The Morgan fingerprint density at radius 3 is 2.44 bits per heavy atom. The second-order valence-corrected chi connectivity index (χ2v) is 4.54. The summed E-state index contributed by atoms with van der Waals surface area (Å²) in [6, 6.07) is 5.95. The molecular formula is C13H20N2O3. The summed E-state index contributed by atoms with van der Waals surface area (Å²) in [6.45, 7) is 1.89. The van der Waals surface area contributed by atoms with Gasteiger partial charge in [-0.25, -0.2) is 0 Å². The van der Waals surface area contributed by atoms with Crippen LogP contribution in [0.25, 0.3) is 0 Å². The van der Waals surface area contributed by atoms with Gasteiger partial charge in [0.2, 0.25) is 5.91 Å². The highest BCUT2D eigenvalue weighted by molar-refractivity contribution is 5.81. The third-order valence-corrected chi connectivity index (χ3v) is 2.62.